The normalized spacial score (nSPS) is 12.9. The van der Waals surface area contributed by atoms with Crippen LogP contribution in [0.2, 0.25) is 0 Å². The van der Waals surface area contributed by atoms with E-state index < -0.39 is 0 Å². The van der Waals surface area contributed by atoms with E-state index in [0.29, 0.717) is 6.61 Å². The van der Waals surface area contributed by atoms with Crippen LogP contribution in [0.5, 0.6) is 5.75 Å². The highest BCUT2D eigenvalue weighted by atomic mass is 16.5. The van der Waals surface area contributed by atoms with E-state index in [0.717, 1.165) is 23.4 Å². The Balaban J connectivity index is 2.56. The van der Waals surface area contributed by atoms with Crippen LogP contribution in [0, 0.1) is 6.92 Å². The third-order valence-corrected chi connectivity index (χ3v) is 3.13. The highest BCUT2D eigenvalue weighted by Gasteiger charge is 2.14. The van der Waals surface area contributed by atoms with Gasteiger partial charge in [0.15, 0.2) is 0 Å². The number of hydrogen-bond donors (Lipinski definition) is 2. The van der Waals surface area contributed by atoms with E-state index in [4.69, 9.17) is 10.5 Å². The van der Waals surface area contributed by atoms with Crippen molar-refractivity contribution >= 4 is 10.9 Å². The number of fused-ring (bicyclic) bond motifs is 1. The van der Waals surface area contributed by atoms with Gasteiger partial charge < -0.3 is 15.5 Å². The monoisotopic (exact) mass is 232 g/mol. The predicted molar refractivity (Wildman–Crippen MR) is 71.4 cm³/mol. The smallest absolute Gasteiger partial charge is 0.120 e. The van der Waals surface area contributed by atoms with E-state index >= 15 is 0 Å². The van der Waals surface area contributed by atoms with Crippen molar-refractivity contribution in [3.63, 3.8) is 0 Å². The molecule has 2 aromatic rings. The Morgan fingerprint density at radius 1 is 1.35 bits per heavy atom. The highest BCUT2D eigenvalue weighted by molar-refractivity contribution is 5.86. The largest absolute Gasteiger partial charge is 0.494 e. The van der Waals surface area contributed by atoms with E-state index in [1.165, 1.54) is 10.9 Å². The summed E-state index contributed by atoms with van der Waals surface area (Å²) in [7, 11) is 0. The lowest BCUT2D eigenvalue weighted by atomic mass is 10.0. The number of aromatic amines is 1. The molecule has 0 saturated carbocycles. The molecule has 2 rings (SSSR count). The molecule has 0 aliphatic heterocycles. The highest BCUT2D eigenvalue weighted by Crippen LogP contribution is 2.30. The van der Waals surface area contributed by atoms with Crippen LogP contribution in [-0.2, 0) is 0 Å². The number of aromatic nitrogens is 1. The fraction of sp³-hybridized carbons (Fsp3) is 0.429. The van der Waals surface area contributed by atoms with Crippen LogP contribution in [0.25, 0.3) is 10.9 Å². The van der Waals surface area contributed by atoms with Crippen LogP contribution >= 0.6 is 0 Å². The lowest BCUT2D eigenvalue weighted by Crippen LogP contribution is -2.09. The van der Waals surface area contributed by atoms with Crippen LogP contribution in [0.15, 0.2) is 18.2 Å². The molecule has 1 unspecified atom stereocenters. The summed E-state index contributed by atoms with van der Waals surface area (Å²) >= 11 is 0. The standard InChI is InChI=1S/C14H20N2O/c1-4-12(15)14-9(3)16-13-7-6-10(17-5-2)8-11(13)14/h6-8,12,16H,4-5,15H2,1-3H3. The Bertz CT molecular complexity index is 516. The van der Waals surface area contributed by atoms with Crippen molar-refractivity contribution in [2.75, 3.05) is 6.61 Å². The third-order valence-electron chi connectivity index (χ3n) is 3.13. The van der Waals surface area contributed by atoms with Crippen molar-refractivity contribution in [2.24, 2.45) is 5.73 Å². The number of nitrogens with two attached hydrogens (primary N) is 1. The summed E-state index contributed by atoms with van der Waals surface area (Å²) in [5.74, 6) is 0.906. The minimum atomic E-state index is 0.0839. The molecule has 0 aliphatic rings. The van der Waals surface area contributed by atoms with E-state index in [1.54, 1.807) is 0 Å². The van der Waals surface area contributed by atoms with Gasteiger partial charge in [0, 0.05) is 22.6 Å². The summed E-state index contributed by atoms with van der Waals surface area (Å²) in [6.45, 7) is 6.86. The third kappa shape index (κ3) is 2.15. The van der Waals surface area contributed by atoms with E-state index in [2.05, 4.69) is 31.0 Å². The molecule has 0 aliphatic carbocycles. The second kappa shape index (κ2) is 4.80. The molecule has 0 amide bonds. The van der Waals surface area contributed by atoms with Crippen LogP contribution in [0.1, 0.15) is 37.6 Å². The van der Waals surface area contributed by atoms with Crippen molar-refractivity contribution in [2.45, 2.75) is 33.2 Å². The Morgan fingerprint density at radius 2 is 2.12 bits per heavy atom. The number of hydrogen-bond acceptors (Lipinski definition) is 2. The van der Waals surface area contributed by atoms with E-state index in [-0.39, 0.29) is 6.04 Å². The first-order valence-electron chi connectivity index (χ1n) is 6.18. The molecule has 1 aromatic carbocycles. The molecule has 3 nitrogen and oxygen atoms in total. The average Bonchev–Trinajstić information content (AvgIpc) is 2.64. The number of H-pyrrole nitrogens is 1. The van der Waals surface area contributed by atoms with Gasteiger partial charge in [-0.25, -0.2) is 0 Å². The maximum Gasteiger partial charge on any atom is 0.120 e. The van der Waals surface area contributed by atoms with Crippen molar-refractivity contribution in [1.82, 2.24) is 4.98 Å². The molecule has 0 spiro atoms. The summed E-state index contributed by atoms with van der Waals surface area (Å²) in [5.41, 5.74) is 9.67. The molecule has 1 heterocycles. The van der Waals surface area contributed by atoms with Gasteiger partial charge in [0.05, 0.1) is 6.61 Å². The number of ether oxygens (including phenoxy) is 1. The van der Waals surface area contributed by atoms with Gasteiger partial charge in [-0.15, -0.1) is 0 Å². The average molecular weight is 232 g/mol. The maximum absolute atomic E-state index is 6.17. The number of rotatable bonds is 4. The minimum absolute atomic E-state index is 0.0839. The minimum Gasteiger partial charge on any atom is -0.494 e. The van der Waals surface area contributed by atoms with Gasteiger partial charge in [0.2, 0.25) is 0 Å². The van der Waals surface area contributed by atoms with Crippen molar-refractivity contribution in [3.05, 3.63) is 29.5 Å². The summed E-state index contributed by atoms with van der Waals surface area (Å²) in [5, 5.41) is 1.18. The van der Waals surface area contributed by atoms with Gasteiger partial charge in [0.1, 0.15) is 5.75 Å². The Morgan fingerprint density at radius 3 is 2.76 bits per heavy atom. The number of benzene rings is 1. The van der Waals surface area contributed by atoms with Gasteiger partial charge in [-0.05, 0) is 44.0 Å². The fourth-order valence-corrected chi connectivity index (χ4v) is 2.26. The maximum atomic E-state index is 6.17. The van der Waals surface area contributed by atoms with Gasteiger partial charge in [-0.2, -0.15) is 0 Å². The molecule has 0 bridgehead atoms. The van der Waals surface area contributed by atoms with Gasteiger partial charge in [0.25, 0.3) is 0 Å². The molecule has 1 aromatic heterocycles. The zero-order valence-corrected chi connectivity index (χ0v) is 10.7. The van der Waals surface area contributed by atoms with E-state index in [1.807, 2.05) is 13.0 Å². The zero-order valence-electron chi connectivity index (χ0n) is 10.7. The SMILES string of the molecule is CCOc1ccc2[nH]c(C)c(C(N)CC)c2c1. The number of aryl methyl sites for hydroxylation is 1. The van der Waals surface area contributed by atoms with Crippen molar-refractivity contribution in [3.8, 4) is 5.75 Å². The van der Waals surface area contributed by atoms with Crippen LogP contribution in [0.4, 0.5) is 0 Å². The lowest BCUT2D eigenvalue weighted by Gasteiger charge is -2.10. The molecule has 0 radical (unpaired) electrons. The van der Waals surface area contributed by atoms with Crippen LogP contribution in [-0.4, -0.2) is 11.6 Å². The van der Waals surface area contributed by atoms with Crippen LogP contribution in [0.3, 0.4) is 0 Å². The molecule has 0 saturated heterocycles. The molecule has 0 fully saturated rings. The van der Waals surface area contributed by atoms with Crippen molar-refractivity contribution in [1.29, 1.82) is 0 Å². The molecule has 3 heteroatoms. The molecule has 1 atom stereocenters. The molecule has 3 N–H and O–H groups in total. The predicted octanol–water partition coefficient (Wildman–Crippen LogP) is 3.28. The lowest BCUT2D eigenvalue weighted by molar-refractivity contribution is 0.340. The second-order valence-corrected chi connectivity index (χ2v) is 4.32. The second-order valence-electron chi connectivity index (χ2n) is 4.32. The zero-order chi connectivity index (χ0) is 12.4. The van der Waals surface area contributed by atoms with Gasteiger partial charge in [-0.1, -0.05) is 6.92 Å². The summed E-state index contributed by atoms with van der Waals surface area (Å²) < 4.78 is 5.54. The molecule has 92 valence electrons. The Kier molecular flexibility index (Phi) is 3.38. The quantitative estimate of drug-likeness (QED) is 0.850. The van der Waals surface area contributed by atoms with Gasteiger partial charge >= 0.3 is 0 Å². The van der Waals surface area contributed by atoms with Crippen molar-refractivity contribution < 1.29 is 4.74 Å². The number of nitrogens with one attached hydrogen (secondary N) is 1. The first-order valence-corrected chi connectivity index (χ1v) is 6.18. The topological polar surface area (TPSA) is 51.0 Å². The molecule has 17 heavy (non-hydrogen) atoms. The van der Waals surface area contributed by atoms with Crippen LogP contribution < -0.4 is 10.5 Å². The summed E-state index contributed by atoms with van der Waals surface area (Å²) in [4.78, 5) is 3.38. The molecular weight excluding hydrogens is 212 g/mol. The first-order chi connectivity index (χ1) is 8.17. The molecular formula is C14H20N2O. The first kappa shape index (κ1) is 12.0. The fourth-order valence-electron chi connectivity index (χ4n) is 2.26. The summed E-state index contributed by atoms with van der Waals surface area (Å²) in [6.07, 6.45) is 0.937. The summed E-state index contributed by atoms with van der Waals surface area (Å²) in [6, 6.07) is 6.20. The van der Waals surface area contributed by atoms with E-state index in [9.17, 15) is 0 Å². The Labute approximate surface area is 102 Å². The Hall–Kier alpha value is -1.48. The van der Waals surface area contributed by atoms with Gasteiger partial charge in [-0.3, -0.25) is 0 Å².